The van der Waals surface area contributed by atoms with Crippen LogP contribution in [0.2, 0.25) is 0 Å². The lowest BCUT2D eigenvalue weighted by Gasteiger charge is -2.04. The van der Waals surface area contributed by atoms with Gasteiger partial charge in [0, 0.05) is 23.5 Å². The summed E-state index contributed by atoms with van der Waals surface area (Å²) in [5.41, 5.74) is 1.71. The van der Waals surface area contributed by atoms with Crippen LogP contribution >= 0.6 is 0 Å². The predicted octanol–water partition coefficient (Wildman–Crippen LogP) is 1.77. The van der Waals surface area contributed by atoms with E-state index in [0.29, 0.717) is 17.6 Å². The molecule has 0 saturated heterocycles. The Balaban J connectivity index is 2.44. The number of rotatable bonds is 3. The second-order valence-electron chi connectivity index (χ2n) is 4.97. The van der Waals surface area contributed by atoms with Gasteiger partial charge >= 0.3 is 0 Å². The first-order valence-electron chi connectivity index (χ1n) is 6.09. The number of aryl methyl sites for hydroxylation is 2. The SMILES string of the molecule is Cc1cc(-n2[nH]c(CC(C)C)cc2=O)nc(C)n1. The van der Waals surface area contributed by atoms with Crippen LogP contribution in [0, 0.1) is 19.8 Å². The van der Waals surface area contributed by atoms with Gasteiger partial charge in [-0.15, -0.1) is 0 Å². The third-order valence-corrected chi connectivity index (χ3v) is 2.58. The molecule has 0 aromatic carbocycles. The smallest absolute Gasteiger partial charge is 0.272 e. The molecule has 2 aromatic heterocycles. The maximum absolute atomic E-state index is 11.9. The third-order valence-electron chi connectivity index (χ3n) is 2.58. The molecule has 0 aliphatic heterocycles. The second-order valence-corrected chi connectivity index (χ2v) is 4.97. The summed E-state index contributed by atoms with van der Waals surface area (Å²) in [6, 6.07) is 3.43. The molecule has 0 saturated carbocycles. The number of hydrogen-bond acceptors (Lipinski definition) is 3. The van der Waals surface area contributed by atoms with Gasteiger partial charge in [-0.1, -0.05) is 13.8 Å². The zero-order valence-electron chi connectivity index (χ0n) is 11.2. The molecule has 18 heavy (non-hydrogen) atoms. The summed E-state index contributed by atoms with van der Waals surface area (Å²) in [5, 5.41) is 3.10. The molecule has 0 aliphatic carbocycles. The lowest BCUT2D eigenvalue weighted by Crippen LogP contribution is -2.16. The Hall–Kier alpha value is -1.91. The van der Waals surface area contributed by atoms with Gasteiger partial charge in [-0.2, -0.15) is 0 Å². The molecule has 5 nitrogen and oxygen atoms in total. The Bertz CT molecular complexity index is 589. The van der Waals surface area contributed by atoms with Crippen LogP contribution in [0.3, 0.4) is 0 Å². The third kappa shape index (κ3) is 2.67. The fourth-order valence-corrected chi connectivity index (χ4v) is 1.97. The fourth-order valence-electron chi connectivity index (χ4n) is 1.97. The highest BCUT2D eigenvalue weighted by Crippen LogP contribution is 2.07. The molecule has 0 fully saturated rings. The van der Waals surface area contributed by atoms with E-state index in [9.17, 15) is 4.79 Å². The predicted molar refractivity (Wildman–Crippen MR) is 70.0 cm³/mol. The van der Waals surface area contributed by atoms with Crippen molar-refractivity contribution < 1.29 is 0 Å². The Morgan fingerprint density at radius 2 is 2.00 bits per heavy atom. The molecule has 0 aliphatic rings. The summed E-state index contributed by atoms with van der Waals surface area (Å²) < 4.78 is 1.47. The molecular weight excluding hydrogens is 228 g/mol. The van der Waals surface area contributed by atoms with E-state index < -0.39 is 0 Å². The molecule has 96 valence electrons. The van der Waals surface area contributed by atoms with E-state index in [1.807, 2.05) is 13.8 Å². The number of aromatic amines is 1. The Morgan fingerprint density at radius 3 is 2.61 bits per heavy atom. The van der Waals surface area contributed by atoms with Crippen molar-refractivity contribution >= 4 is 0 Å². The first-order valence-corrected chi connectivity index (χ1v) is 6.09. The van der Waals surface area contributed by atoms with Gasteiger partial charge in [-0.3, -0.25) is 9.89 Å². The van der Waals surface area contributed by atoms with Crippen LogP contribution in [0.5, 0.6) is 0 Å². The summed E-state index contributed by atoms with van der Waals surface area (Å²) >= 11 is 0. The maximum atomic E-state index is 11.9. The van der Waals surface area contributed by atoms with Crippen molar-refractivity contribution in [2.24, 2.45) is 5.92 Å². The topological polar surface area (TPSA) is 63.6 Å². The minimum Gasteiger partial charge on any atom is -0.294 e. The fraction of sp³-hybridized carbons (Fsp3) is 0.462. The van der Waals surface area contributed by atoms with Gasteiger partial charge in [0.15, 0.2) is 5.82 Å². The molecule has 0 bridgehead atoms. The average Bonchev–Trinajstić information content (AvgIpc) is 2.56. The molecule has 2 aromatic rings. The van der Waals surface area contributed by atoms with Crippen molar-refractivity contribution in [1.82, 2.24) is 19.7 Å². The van der Waals surface area contributed by atoms with Gasteiger partial charge in [0.05, 0.1) is 0 Å². The standard InChI is InChI=1S/C13H18N4O/c1-8(2)5-11-7-13(18)17(16-11)12-6-9(3)14-10(4)15-12/h6-8,16H,5H2,1-4H3. The molecule has 0 atom stereocenters. The Kier molecular flexibility index (Phi) is 3.32. The molecule has 0 radical (unpaired) electrons. The maximum Gasteiger partial charge on any atom is 0.272 e. The normalized spacial score (nSPS) is 11.2. The van der Waals surface area contributed by atoms with Crippen molar-refractivity contribution in [3.05, 3.63) is 39.7 Å². The van der Waals surface area contributed by atoms with Crippen LogP contribution < -0.4 is 5.56 Å². The number of aromatic nitrogens is 4. The van der Waals surface area contributed by atoms with E-state index in [0.717, 1.165) is 17.8 Å². The van der Waals surface area contributed by atoms with Crippen LogP contribution in [0.15, 0.2) is 16.9 Å². The number of hydrogen-bond donors (Lipinski definition) is 1. The van der Waals surface area contributed by atoms with Gasteiger partial charge in [0.1, 0.15) is 5.82 Å². The number of nitrogens with zero attached hydrogens (tertiary/aromatic N) is 3. The zero-order chi connectivity index (χ0) is 13.3. The van der Waals surface area contributed by atoms with E-state index >= 15 is 0 Å². The minimum atomic E-state index is -0.0804. The summed E-state index contributed by atoms with van der Waals surface area (Å²) in [4.78, 5) is 20.4. The van der Waals surface area contributed by atoms with Crippen molar-refractivity contribution in [1.29, 1.82) is 0 Å². The highest BCUT2D eigenvalue weighted by atomic mass is 16.1. The molecular formula is C13H18N4O. The monoisotopic (exact) mass is 246 g/mol. The zero-order valence-corrected chi connectivity index (χ0v) is 11.2. The second kappa shape index (κ2) is 4.76. The van der Waals surface area contributed by atoms with Crippen molar-refractivity contribution in [3.63, 3.8) is 0 Å². The largest absolute Gasteiger partial charge is 0.294 e. The van der Waals surface area contributed by atoms with Gasteiger partial charge in [-0.05, 0) is 26.2 Å². The lowest BCUT2D eigenvalue weighted by molar-refractivity contribution is 0.626. The van der Waals surface area contributed by atoms with E-state index in [-0.39, 0.29) is 5.56 Å². The summed E-state index contributed by atoms with van der Waals surface area (Å²) in [5.74, 6) is 1.77. The van der Waals surface area contributed by atoms with Gasteiger partial charge in [0.25, 0.3) is 5.56 Å². The first kappa shape index (κ1) is 12.5. The molecule has 0 spiro atoms. The highest BCUT2D eigenvalue weighted by Gasteiger charge is 2.08. The van der Waals surface area contributed by atoms with Crippen LogP contribution in [-0.2, 0) is 6.42 Å². The van der Waals surface area contributed by atoms with Crippen LogP contribution in [0.1, 0.15) is 31.1 Å². The molecule has 0 unspecified atom stereocenters. The average molecular weight is 246 g/mol. The minimum absolute atomic E-state index is 0.0804. The Morgan fingerprint density at radius 1 is 1.28 bits per heavy atom. The quantitative estimate of drug-likeness (QED) is 0.897. The summed E-state index contributed by atoms with van der Waals surface area (Å²) in [7, 11) is 0. The van der Waals surface area contributed by atoms with Crippen LogP contribution in [0.25, 0.3) is 5.82 Å². The molecule has 1 N–H and O–H groups in total. The Labute approximate surface area is 106 Å². The molecule has 0 amide bonds. The van der Waals surface area contributed by atoms with Gasteiger partial charge < -0.3 is 0 Å². The van der Waals surface area contributed by atoms with Gasteiger partial charge in [0.2, 0.25) is 0 Å². The van der Waals surface area contributed by atoms with E-state index in [2.05, 4.69) is 28.9 Å². The lowest BCUT2D eigenvalue weighted by atomic mass is 10.1. The summed E-state index contributed by atoms with van der Waals surface area (Å²) in [6.45, 7) is 7.95. The number of nitrogens with one attached hydrogen (secondary N) is 1. The van der Waals surface area contributed by atoms with Crippen LogP contribution in [0.4, 0.5) is 0 Å². The first-order chi connectivity index (χ1) is 8.45. The molecule has 5 heteroatoms. The van der Waals surface area contributed by atoms with Crippen molar-refractivity contribution in [3.8, 4) is 5.82 Å². The molecule has 2 rings (SSSR count). The van der Waals surface area contributed by atoms with E-state index in [4.69, 9.17) is 0 Å². The van der Waals surface area contributed by atoms with E-state index in [1.165, 1.54) is 4.68 Å². The van der Waals surface area contributed by atoms with E-state index in [1.54, 1.807) is 12.1 Å². The van der Waals surface area contributed by atoms with Crippen molar-refractivity contribution in [2.45, 2.75) is 34.1 Å². The molecule has 2 heterocycles. The number of H-pyrrole nitrogens is 1. The van der Waals surface area contributed by atoms with Crippen LogP contribution in [-0.4, -0.2) is 19.7 Å². The van der Waals surface area contributed by atoms with Crippen molar-refractivity contribution in [2.75, 3.05) is 0 Å². The summed E-state index contributed by atoms with van der Waals surface area (Å²) in [6.07, 6.45) is 0.852. The highest BCUT2D eigenvalue weighted by molar-refractivity contribution is 5.24. The van der Waals surface area contributed by atoms with Gasteiger partial charge in [-0.25, -0.2) is 14.6 Å².